The SMILES string of the molecule is CCOc1ncnc(N(CCN)CC(F)(F)F)c1C. The summed E-state index contributed by atoms with van der Waals surface area (Å²) in [6, 6.07) is 0. The monoisotopic (exact) mass is 278 g/mol. The normalized spacial score (nSPS) is 11.5. The van der Waals surface area contributed by atoms with Crippen molar-refractivity contribution in [1.82, 2.24) is 9.97 Å². The molecule has 0 aliphatic heterocycles. The van der Waals surface area contributed by atoms with E-state index in [1.807, 2.05) is 0 Å². The lowest BCUT2D eigenvalue weighted by molar-refractivity contribution is -0.119. The standard InChI is InChI=1S/C11H17F3N4O/c1-3-19-10-8(2)9(16-7-17-10)18(5-4-15)6-11(12,13)14/h7H,3-6,15H2,1-2H3. The van der Waals surface area contributed by atoms with E-state index >= 15 is 0 Å². The molecule has 0 aliphatic rings. The summed E-state index contributed by atoms with van der Waals surface area (Å²) < 4.78 is 42.9. The molecule has 0 radical (unpaired) electrons. The van der Waals surface area contributed by atoms with Crippen LogP contribution in [0.1, 0.15) is 12.5 Å². The molecular formula is C11H17F3N4O. The number of anilines is 1. The molecular weight excluding hydrogens is 261 g/mol. The third kappa shape index (κ3) is 4.55. The molecule has 0 saturated carbocycles. The highest BCUT2D eigenvalue weighted by Gasteiger charge is 2.32. The fourth-order valence-corrected chi connectivity index (χ4v) is 1.66. The van der Waals surface area contributed by atoms with E-state index in [1.165, 1.54) is 6.33 Å². The summed E-state index contributed by atoms with van der Waals surface area (Å²) in [7, 11) is 0. The minimum Gasteiger partial charge on any atom is -0.478 e. The maximum atomic E-state index is 12.5. The largest absolute Gasteiger partial charge is 0.478 e. The van der Waals surface area contributed by atoms with Crippen molar-refractivity contribution in [3.8, 4) is 5.88 Å². The molecule has 0 aromatic carbocycles. The van der Waals surface area contributed by atoms with E-state index in [9.17, 15) is 13.2 Å². The first-order valence-corrected chi connectivity index (χ1v) is 5.85. The number of ether oxygens (including phenoxy) is 1. The zero-order valence-electron chi connectivity index (χ0n) is 10.9. The van der Waals surface area contributed by atoms with E-state index in [0.29, 0.717) is 12.2 Å². The van der Waals surface area contributed by atoms with Crippen LogP contribution in [-0.4, -0.2) is 42.4 Å². The molecule has 0 unspecified atom stereocenters. The number of nitrogens with zero attached hydrogens (tertiary/aromatic N) is 3. The Kier molecular flexibility index (Phi) is 5.34. The van der Waals surface area contributed by atoms with E-state index in [-0.39, 0.29) is 24.8 Å². The molecule has 0 atom stereocenters. The molecule has 0 saturated heterocycles. The first-order chi connectivity index (χ1) is 8.89. The molecule has 1 aromatic heterocycles. The van der Waals surface area contributed by atoms with Crippen molar-refractivity contribution >= 4 is 5.82 Å². The molecule has 0 fully saturated rings. The van der Waals surface area contributed by atoms with Gasteiger partial charge in [-0.2, -0.15) is 13.2 Å². The first kappa shape index (κ1) is 15.5. The fourth-order valence-electron chi connectivity index (χ4n) is 1.66. The Labute approximate surface area is 109 Å². The van der Waals surface area contributed by atoms with Crippen LogP contribution in [0.3, 0.4) is 0 Å². The zero-order chi connectivity index (χ0) is 14.5. The van der Waals surface area contributed by atoms with Crippen molar-refractivity contribution in [2.45, 2.75) is 20.0 Å². The van der Waals surface area contributed by atoms with Crippen LogP contribution in [0.15, 0.2) is 6.33 Å². The lowest BCUT2D eigenvalue weighted by Crippen LogP contribution is -2.38. The van der Waals surface area contributed by atoms with E-state index in [4.69, 9.17) is 10.5 Å². The highest BCUT2D eigenvalue weighted by Crippen LogP contribution is 2.26. The van der Waals surface area contributed by atoms with E-state index in [1.54, 1.807) is 13.8 Å². The topological polar surface area (TPSA) is 64.3 Å². The van der Waals surface area contributed by atoms with Gasteiger partial charge in [-0.15, -0.1) is 0 Å². The van der Waals surface area contributed by atoms with Gasteiger partial charge < -0.3 is 15.4 Å². The maximum absolute atomic E-state index is 12.5. The number of hydrogen-bond donors (Lipinski definition) is 1. The zero-order valence-corrected chi connectivity index (χ0v) is 10.9. The second-order valence-electron chi connectivity index (χ2n) is 3.89. The van der Waals surface area contributed by atoms with Gasteiger partial charge in [0.05, 0.1) is 12.2 Å². The summed E-state index contributed by atoms with van der Waals surface area (Å²) in [5, 5.41) is 0. The molecule has 0 bridgehead atoms. The van der Waals surface area contributed by atoms with Gasteiger partial charge in [-0.05, 0) is 13.8 Å². The molecule has 1 heterocycles. The number of hydrogen-bond acceptors (Lipinski definition) is 5. The van der Waals surface area contributed by atoms with Gasteiger partial charge in [0.2, 0.25) is 5.88 Å². The summed E-state index contributed by atoms with van der Waals surface area (Å²) >= 11 is 0. The molecule has 2 N–H and O–H groups in total. The molecule has 1 rings (SSSR count). The van der Waals surface area contributed by atoms with Crippen molar-refractivity contribution in [1.29, 1.82) is 0 Å². The second kappa shape index (κ2) is 6.55. The smallest absolute Gasteiger partial charge is 0.405 e. The second-order valence-corrected chi connectivity index (χ2v) is 3.89. The molecule has 0 spiro atoms. The third-order valence-electron chi connectivity index (χ3n) is 2.36. The predicted octanol–water partition coefficient (Wildman–Crippen LogP) is 1.51. The van der Waals surface area contributed by atoms with E-state index in [2.05, 4.69) is 9.97 Å². The number of alkyl halides is 3. The van der Waals surface area contributed by atoms with Crippen molar-refractivity contribution in [3.05, 3.63) is 11.9 Å². The summed E-state index contributed by atoms with van der Waals surface area (Å²) in [4.78, 5) is 8.88. The average Bonchev–Trinajstić information content (AvgIpc) is 2.30. The molecule has 8 heteroatoms. The molecule has 1 aromatic rings. The first-order valence-electron chi connectivity index (χ1n) is 5.85. The third-order valence-corrected chi connectivity index (χ3v) is 2.36. The van der Waals surface area contributed by atoms with Crippen LogP contribution in [-0.2, 0) is 0 Å². The Morgan fingerprint density at radius 3 is 2.58 bits per heavy atom. The van der Waals surface area contributed by atoms with Gasteiger partial charge in [0.1, 0.15) is 18.7 Å². The van der Waals surface area contributed by atoms with Crippen molar-refractivity contribution in [3.63, 3.8) is 0 Å². The lowest BCUT2D eigenvalue weighted by Gasteiger charge is -2.26. The summed E-state index contributed by atoms with van der Waals surface area (Å²) in [6.07, 6.45) is -3.13. The Bertz CT molecular complexity index is 411. The Morgan fingerprint density at radius 2 is 2.05 bits per heavy atom. The highest BCUT2D eigenvalue weighted by atomic mass is 19.4. The lowest BCUT2D eigenvalue weighted by atomic mass is 10.3. The van der Waals surface area contributed by atoms with Crippen molar-refractivity contribution < 1.29 is 17.9 Å². The number of aromatic nitrogens is 2. The minimum absolute atomic E-state index is 0.0585. The van der Waals surface area contributed by atoms with Crippen LogP contribution >= 0.6 is 0 Å². The van der Waals surface area contributed by atoms with Gasteiger partial charge in [0.15, 0.2) is 0 Å². The summed E-state index contributed by atoms with van der Waals surface area (Å²) in [5.41, 5.74) is 5.82. The van der Waals surface area contributed by atoms with Crippen LogP contribution in [0.2, 0.25) is 0 Å². The van der Waals surface area contributed by atoms with Gasteiger partial charge in [-0.25, -0.2) is 9.97 Å². The summed E-state index contributed by atoms with van der Waals surface area (Å²) in [6.45, 7) is 2.84. The molecule has 19 heavy (non-hydrogen) atoms. The van der Waals surface area contributed by atoms with Gasteiger partial charge >= 0.3 is 6.18 Å². The van der Waals surface area contributed by atoms with Crippen molar-refractivity contribution in [2.24, 2.45) is 5.73 Å². The van der Waals surface area contributed by atoms with Crippen molar-refractivity contribution in [2.75, 3.05) is 31.1 Å². The van der Waals surface area contributed by atoms with E-state index < -0.39 is 12.7 Å². The van der Waals surface area contributed by atoms with Gasteiger partial charge in [0, 0.05) is 13.1 Å². The molecule has 0 aliphatic carbocycles. The van der Waals surface area contributed by atoms with Gasteiger partial charge in [-0.1, -0.05) is 0 Å². The van der Waals surface area contributed by atoms with Crippen LogP contribution < -0.4 is 15.4 Å². The quantitative estimate of drug-likeness (QED) is 0.854. The Hall–Kier alpha value is -1.57. The molecule has 5 nitrogen and oxygen atoms in total. The Morgan fingerprint density at radius 1 is 1.37 bits per heavy atom. The summed E-state index contributed by atoms with van der Waals surface area (Å²) in [5.74, 6) is 0.484. The number of halogens is 3. The maximum Gasteiger partial charge on any atom is 0.405 e. The average molecular weight is 278 g/mol. The van der Waals surface area contributed by atoms with Gasteiger partial charge in [-0.3, -0.25) is 0 Å². The Balaban J connectivity index is 3.05. The van der Waals surface area contributed by atoms with Crippen LogP contribution in [0.5, 0.6) is 5.88 Å². The number of rotatable bonds is 6. The van der Waals surface area contributed by atoms with Crippen LogP contribution in [0.25, 0.3) is 0 Å². The minimum atomic E-state index is -4.32. The van der Waals surface area contributed by atoms with Gasteiger partial charge in [0.25, 0.3) is 0 Å². The molecule has 0 amide bonds. The molecule has 108 valence electrons. The van der Waals surface area contributed by atoms with Crippen LogP contribution in [0.4, 0.5) is 19.0 Å². The number of nitrogens with two attached hydrogens (primary N) is 1. The highest BCUT2D eigenvalue weighted by molar-refractivity contribution is 5.50. The fraction of sp³-hybridized carbons (Fsp3) is 0.636. The van der Waals surface area contributed by atoms with Crippen LogP contribution in [0, 0.1) is 6.92 Å². The predicted molar refractivity (Wildman–Crippen MR) is 65.3 cm³/mol. The van der Waals surface area contributed by atoms with E-state index in [0.717, 1.165) is 4.90 Å².